The van der Waals surface area contributed by atoms with Crippen LogP contribution in [0.1, 0.15) is 45.6 Å². The van der Waals surface area contributed by atoms with E-state index in [1.165, 1.54) is 18.4 Å². The number of fused-ring (bicyclic) bond motifs is 3. The normalized spacial score (nSPS) is 33.2. The smallest absolute Gasteiger partial charge is 0.231 e. The van der Waals surface area contributed by atoms with Gasteiger partial charge in [0.25, 0.3) is 0 Å². The average Bonchev–Trinajstić information content (AvgIpc) is 3.35. The molecule has 0 amide bonds. The quantitative estimate of drug-likeness (QED) is 0.717. The van der Waals surface area contributed by atoms with E-state index in [1.807, 2.05) is 6.07 Å². The van der Waals surface area contributed by atoms with Crippen molar-refractivity contribution in [1.82, 2.24) is 9.80 Å². The molecule has 2 aliphatic carbocycles. The van der Waals surface area contributed by atoms with Gasteiger partial charge in [-0.25, -0.2) is 0 Å². The lowest BCUT2D eigenvalue weighted by Gasteiger charge is -2.39. The standard InChI is InChI=1S/C25H38N2O4/c1-24(2)19-6-7-25(24,3)23(13-19)29-16-20(28)15-27-10-8-26(9-11-27)14-18-4-5-21-22(12-18)31-17-30-21/h4-5,12,19-20,23,28H,6-11,13-17H2,1-3H3/t19-,20+,23+,25+/m0/s1. The van der Waals surface area contributed by atoms with E-state index in [2.05, 4.69) is 42.7 Å². The molecular weight excluding hydrogens is 392 g/mol. The molecule has 0 spiro atoms. The molecule has 2 heterocycles. The van der Waals surface area contributed by atoms with Crippen molar-refractivity contribution in [1.29, 1.82) is 0 Å². The van der Waals surface area contributed by atoms with Crippen LogP contribution in [0.15, 0.2) is 18.2 Å². The minimum absolute atomic E-state index is 0.262. The van der Waals surface area contributed by atoms with Crippen molar-refractivity contribution in [2.75, 3.05) is 46.1 Å². The molecule has 1 saturated heterocycles. The zero-order chi connectivity index (χ0) is 21.6. The SMILES string of the molecule is CC1(C)[C@H]2CC[C@]1(C)[C@H](OC[C@H](O)CN1CCN(Cc3ccc4c(c3)OCO4)CC1)C2. The molecule has 0 radical (unpaired) electrons. The predicted molar refractivity (Wildman–Crippen MR) is 119 cm³/mol. The van der Waals surface area contributed by atoms with Gasteiger partial charge in [-0.05, 0) is 53.7 Å². The number of piperazine rings is 1. The van der Waals surface area contributed by atoms with E-state index < -0.39 is 6.10 Å². The second-order valence-corrected chi connectivity index (χ2v) is 10.9. The van der Waals surface area contributed by atoms with Crippen LogP contribution >= 0.6 is 0 Å². The van der Waals surface area contributed by atoms with Gasteiger partial charge < -0.3 is 19.3 Å². The zero-order valence-electron chi connectivity index (χ0n) is 19.3. The molecule has 4 aliphatic rings. The van der Waals surface area contributed by atoms with Gasteiger partial charge in [0.2, 0.25) is 6.79 Å². The second-order valence-electron chi connectivity index (χ2n) is 10.9. The Hall–Kier alpha value is -1.34. The van der Waals surface area contributed by atoms with Gasteiger partial charge in [-0.2, -0.15) is 0 Å². The van der Waals surface area contributed by atoms with Gasteiger partial charge in [0.15, 0.2) is 11.5 Å². The molecule has 6 heteroatoms. The summed E-state index contributed by atoms with van der Waals surface area (Å²) in [5, 5.41) is 10.6. The Kier molecular flexibility index (Phi) is 5.70. The van der Waals surface area contributed by atoms with E-state index in [0.29, 0.717) is 31.5 Å². The molecule has 1 aromatic carbocycles. The molecular formula is C25H38N2O4. The van der Waals surface area contributed by atoms with Gasteiger partial charge >= 0.3 is 0 Å². The van der Waals surface area contributed by atoms with Crippen LogP contribution in [0.25, 0.3) is 0 Å². The molecule has 172 valence electrons. The lowest BCUT2D eigenvalue weighted by atomic mass is 9.70. The maximum absolute atomic E-state index is 10.6. The van der Waals surface area contributed by atoms with Crippen molar-refractivity contribution < 1.29 is 19.3 Å². The van der Waals surface area contributed by atoms with Crippen LogP contribution < -0.4 is 9.47 Å². The van der Waals surface area contributed by atoms with Crippen molar-refractivity contribution in [3.05, 3.63) is 23.8 Å². The molecule has 1 aromatic rings. The molecule has 2 saturated carbocycles. The molecule has 0 unspecified atom stereocenters. The summed E-state index contributed by atoms with van der Waals surface area (Å²) in [4.78, 5) is 4.84. The molecule has 3 fully saturated rings. The highest BCUT2D eigenvalue weighted by Crippen LogP contribution is 2.66. The number of rotatable bonds is 7. The summed E-state index contributed by atoms with van der Waals surface area (Å²) in [6.45, 7) is 13.6. The maximum Gasteiger partial charge on any atom is 0.231 e. The minimum Gasteiger partial charge on any atom is -0.454 e. The van der Waals surface area contributed by atoms with Crippen LogP contribution in [0, 0.1) is 16.7 Å². The number of nitrogens with zero attached hydrogens (tertiary/aromatic N) is 2. The Morgan fingerprint density at radius 2 is 1.84 bits per heavy atom. The summed E-state index contributed by atoms with van der Waals surface area (Å²) in [5.74, 6) is 2.47. The van der Waals surface area contributed by atoms with Crippen molar-refractivity contribution in [2.45, 2.75) is 58.8 Å². The zero-order valence-corrected chi connectivity index (χ0v) is 19.3. The first-order chi connectivity index (χ1) is 14.8. The van der Waals surface area contributed by atoms with Gasteiger partial charge in [-0.15, -0.1) is 0 Å². The van der Waals surface area contributed by atoms with Crippen molar-refractivity contribution in [3.63, 3.8) is 0 Å². The van der Waals surface area contributed by atoms with Gasteiger partial charge in [0, 0.05) is 39.3 Å². The fourth-order valence-electron chi connectivity index (χ4n) is 6.39. The number of ether oxygens (including phenoxy) is 3. The first-order valence-corrected chi connectivity index (χ1v) is 12.0. The molecule has 31 heavy (non-hydrogen) atoms. The predicted octanol–water partition coefficient (Wildman–Crippen LogP) is 3.13. The topological polar surface area (TPSA) is 54.4 Å². The molecule has 1 N–H and O–H groups in total. The number of β-amino-alcohol motifs (C(OH)–C–C–N with tert-alkyl or cyclic N) is 1. The lowest BCUT2D eigenvalue weighted by Crippen LogP contribution is -2.49. The van der Waals surface area contributed by atoms with Crippen LogP contribution in [0.4, 0.5) is 0 Å². The molecule has 5 rings (SSSR count). The summed E-state index contributed by atoms with van der Waals surface area (Å²) < 4.78 is 17.2. The number of aliphatic hydroxyl groups excluding tert-OH is 1. The Bertz CT molecular complexity index is 792. The molecule has 0 aromatic heterocycles. The van der Waals surface area contributed by atoms with Crippen molar-refractivity contribution in [3.8, 4) is 11.5 Å². The monoisotopic (exact) mass is 430 g/mol. The fourth-order valence-corrected chi connectivity index (χ4v) is 6.39. The van der Waals surface area contributed by atoms with E-state index in [0.717, 1.165) is 56.6 Å². The summed E-state index contributed by atoms with van der Waals surface area (Å²) in [5.41, 5.74) is 1.88. The van der Waals surface area contributed by atoms with Gasteiger partial charge in [-0.1, -0.05) is 26.8 Å². The summed E-state index contributed by atoms with van der Waals surface area (Å²) in [6, 6.07) is 6.22. The Labute approximate surface area is 186 Å². The second kappa shape index (κ2) is 8.22. The first-order valence-electron chi connectivity index (χ1n) is 12.0. The Morgan fingerprint density at radius 1 is 1.10 bits per heavy atom. The Balaban J connectivity index is 1.04. The minimum atomic E-state index is -0.411. The van der Waals surface area contributed by atoms with E-state index in [4.69, 9.17) is 14.2 Å². The molecule has 2 aliphatic heterocycles. The van der Waals surface area contributed by atoms with Crippen LogP contribution in [-0.4, -0.2) is 73.2 Å². The van der Waals surface area contributed by atoms with E-state index >= 15 is 0 Å². The number of aliphatic hydroxyl groups is 1. The number of hydrogen-bond acceptors (Lipinski definition) is 6. The lowest BCUT2D eigenvalue weighted by molar-refractivity contribution is -0.0807. The molecule has 6 nitrogen and oxygen atoms in total. The van der Waals surface area contributed by atoms with Crippen LogP contribution in [0.2, 0.25) is 0 Å². The van der Waals surface area contributed by atoms with Crippen LogP contribution in [-0.2, 0) is 11.3 Å². The highest BCUT2D eigenvalue weighted by Gasteiger charge is 2.61. The third-order valence-electron chi connectivity index (χ3n) is 8.98. The number of hydrogen-bond donors (Lipinski definition) is 1. The molecule has 4 atom stereocenters. The van der Waals surface area contributed by atoms with E-state index in [9.17, 15) is 5.11 Å². The highest BCUT2D eigenvalue weighted by atomic mass is 16.7. The van der Waals surface area contributed by atoms with Crippen molar-refractivity contribution >= 4 is 0 Å². The third-order valence-corrected chi connectivity index (χ3v) is 8.98. The van der Waals surface area contributed by atoms with Gasteiger partial charge in [0.05, 0.1) is 18.8 Å². The largest absolute Gasteiger partial charge is 0.454 e. The van der Waals surface area contributed by atoms with Crippen LogP contribution in [0.3, 0.4) is 0 Å². The number of benzene rings is 1. The third kappa shape index (κ3) is 3.97. The van der Waals surface area contributed by atoms with E-state index in [1.54, 1.807) is 0 Å². The van der Waals surface area contributed by atoms with E-state index in [-0.39, 0.29) is 5.41 Å². The van der Waals surface area contributed by atoms with Crippen molar-refractivity contribution in [2.24, 2.45) is 16.7 Å². The van der Waals surface area contributed by atoms with Gasteiger partial charge in [0.1, 0.15) is 0 Å². The summed E-state index contributed by atoms with van der Waals surface area (Å²) >= 11 is 0. The summed E-state index contributed by atoms with van der Waals surface area (Å²) in [6.07, 6.45) is 3.65. The first kappa shape index (κ1) is 21.5. The van der Waals surface area contributed by atoms with Gasteiger partial charge in [-0.3, -0.25) is 9.80 Å². The Morgan fingerprint density at radius 3 is 2.55 bits per heavy atom. The van der Waals surface area contributed by atoms with Crippen LogP contribution in [0.5, 0.6) is 11.5 Å². The average molecular weight is 431 g/mol. The summed E-state index contributed by atoms with van der Waals surface area (Å²) in [7, 11) is 0. The fraction of sp³-hybridized carbons (Fsp3) is 0.760. The maximum atomic E-state index is 10.6. The molecule has 2 bridgehead atoms. The highest BCUT2D eigenvalue weighted by molar-refractivity contribution is 5.44.